The second-order valence-corrected chi connectivity index (χ2v) is 1.82. The van der Waals surface area contributed by atoms with Crippen LogP contribution < -0.4 is 0 Å². The zero-order chi connectivity index (χ0) is 8.15. The molecule has 4 nitrogen and oxygen atoms in total. The van der Waals surface area contributed by atoms with Crippen LogP contribution in [0.2, 0.25) is 0 Å². The Hall–Kier alpha value is -0.520. The molecule has 0 fully saturated rings. The number of hydrogen-bond acceptors (Lipinski definition) is 4. The number of hydrogen-bond donors (Lipinski definition) is 3. The normalized spacial score (nSPS) is 19.6. The summed E-state index contributed by atoms with van der Waals surface area (Å²) in [6, 6.07) is 0. The van der Waals surface area contributed by atoms with E-state index in [0.717, 1.165) is 0 Å². The molecule has 3 N–H and O–H groups in total. The maximum absolute atomic E-state index is 12.1. The highest BCUT2D eigenvalue weighted by molar-refractivity contribution is 5.56. The molecule has 0 bridgehead atoms. The van der Waals surface area contributed by atoms with Crippen LogP contribution in [-0.4, -0.2) is 46.6 Å². The van der Waals surface area contributed by atoms with Gasteiger partial charge in [0.1, 0.15) is 12.2 Å². The van der Waals surface area contributed by atoms with Crippen LogP contribution >= 0.6 is 0 Å². The molecule has 0 aromatic heterocycles. The lowest BCUT2D eigenvalue weighted by Crippen LogP contribution is -2.37. The lowest BCUT2D eigenvalue weighted by Gasteiger charge is -2.14. The first kappa shape index (κ1) is 9.48. The van der Waals surface area contributed by atoms with Crippen LogP contribution in [0.1, 0.15) is 0 Å². The molecule has 60 valence electrons. The van der Waals surface area contributed by atoms with Crippen LogP contribution in [-0.2, 0) is 4.79 Å². The summed E-state index contributed by atoms with van der Waals surface area (Å²) in [6.45, 7) is -0.768. The summed E-state index contributed by atoms with van der Waals surface area (Å²) in [7, 11) is 0. The summed E-state index contributed by atoms with van der Waals surface area (Å²) >= 11 is 0. The molecule has 0 aromatic carbocycles. The van der Waals surface area contributed by atoms with Gasteiger partial charge < -0.3 is 20.1 Å². The number of carbonyl (C=O) groups excluding carboxylic acids is 1. The molecule has 3 atom stereocenters. The van der Waals surface area contributed by atoms with Gasteiger partial charge in [-0.05, 0) is 0 Å². The zero-order valence-electron chi connectivity index (χ0n) is 5.14. The molecule has 0 aliphatic heterocycles. The van der Waals surface area contributed by atoms with Crippen LogP contribution in [0.5, 0.6) is 0 Å². The molecule has 0 rings (SSSR count). The summed E-state index contributed by atoms with van der Waals surface area (Å²) in [4.78, 5) is 9.64. The van der Waals surface area contributed by atoms with E-state index in [1.807, 2.05) is 0 Å². The third kappa shape index (κ3) is 2.38. The minimum Gasteiger partial charge on any atom is -0.394 e. The first-order valence-corrected chi connectivity index (χ1v) is 2.69. The van der Waals surface area contributed by atoms with Crippen molar-refractivity contribution >= 4 is 6.29 Å². The Morgan fingerprint density at radius 2 is 2.00 bits per heavy atom. The fourth-order valence-corrected chi connectivity index (χ4v) is 0.401. The van der Waals surface area contributed by atoms with Gasteiger partial charge in [-0.2, -0.15) is 0 Å². The molecule has 0 spiro atoms. The van der Waals surface area contributed by atoms with Crippen molar-refractivity contribution in [3.63, 3.8) is 0 Å². The van der Waals surface area contributed by atoms with Gasteiger partial charge in [0.25, 0.3) is 0 Å². The van der Waals surface area contributed by atoms with Crippen molar-refractivity contribution in [1.29, 1.82) is 0 Å². The molecule has 0 aliphatic carbocycles. The van der Waals surface area contributed by atoms with Gasteiger partial charge in [-0.3, -0.25) is 0 Å². The lowest BCUT2D eigenvalue weighted by molar-refractivity contribution is -0.120. The van der Waals surface area contributed by atoms with Gasteiger partial charge in [-0.25, -0.2) is 4.39 Å². The monoisotopic (exact) mass is 152 g/mol. The average molecular weight is 152 g/mol. The maximum atomic E-state index is 12.1. The largest absolute Gasteiger partial charge is 0.394 e. The SMILES string of the molecule is O=CC(F)C(O)C(O)CO. The molecule has 0 radical (unpaired) electrons. The molecule has 0 saturated carbocycles. The van der Waals surface area contributed by atoms with E-state index in [0.29, 0.717) is 0 Å². The zero-order valence-corrected chi connectivity index (χ0v) is 5.14. The number of aliphatic hydroxyl groups is 3. The second kappa shape index (κ2) is 4.32. The number of carbonyl (C=O) groups is 1. The second-order valence-electron chi connectivity index (χ2n) is 1.82. The van der Waals surface area contributed by atoms with Crippen molar-refractivity contribution in [2.45, 2.75) is 18.4 Å². The highest BCUT2D eigenvalue weighted by Crippen LogP contribution is 2.00. The molecule has 0 amide bonds. The fraction of sp³-hybridized carbons (Fsp3) is 0.800. The van der Waals surface area contributed by atoms with Crippen molar-refractivity contribution in [2.24, 2.45) is 0 Å². The quantitative estimate of drug-likeness (QED) is 0.417. The van der Waals surface area contributed by atoms with Gasteiger partial charge in [0.15, 0.2) is 12.5 Å². The number of aldehydes is 1. The lowest BCUT2D eigenvalue weighted by atomic mass is 10.1. The van der Waals surface area contributed by atoms with Gasteiger partial charge in [0.2, 0.25) is 0 Å². The van der Waals surface area contributed by atoms with Gasteiger partial charge in [-0.15, -0.1) is 0 Å². The third-order valence-corrected chi connectivity index (χ3v) is 1.04. The van der Waals surface area contributed by atoms with Crippen molar-refractivity contribution in [3.05, 3.63) is 0 Å². The number of aliphatic hydroxyl groups excluding tert-OH is 3. The van der Waals surface area contributed by atoms with E-state index in [-0.39, 0.29) is 6.29 Å². The van der Waals surface area contributed by atoms with E-state index in [9.17, 15) is 9.18 Å². The predicted molar refractivity (Wildman–Crippen MR) is 30.1 cm³/mol. The highest BCUT2D eigenvalue weighted by atomic mass is 19.1. The van der Waals surface area contributed by atoms with Crippen molar-refractivity contribution in [3.8, 4) is 0 Å². The van der Waals surface area contributed by atoms with Crippen LogP contribution in [0.3, 0.4) is 0 Å². The standard InChI is InChI=1S/C5H9FO4/c6-3(1-7)5(10)4(9)2-8/h1,3-5,8-10H,2H2. The minimum absolute atomic E-state index is 0.135. The van der Waals surface area contributed by atoms with Crippen LogP contribution in [0.25, 0.3) is 0 Å². The van der Waals surface area contributed by atoms with Crippen molar-refractivity contribution in [2.75, 3.05) is 6.61 Å². The van der Waals surface area contributed by atoms with Crippen LogP contribution in [0.15, 0.2) is 0 Å². The first-order chi connectivity index (χ1) is 4.63. The number of rotatable bonds is 4. The number of alkyl halides is 1. The van der Waals surface area contributed by atoms with E-state index in [1.165, 1.54) is 0 Å². The predicted octanol–water partition coefficient (Wildman–Crippen LogP) is -1.76. The molecular weight excluding hydrogens is 143 g/mol. The molecule has 10 heavy (non-hydrogen) atoms. The third-order valence-electron chi connectivity index (χ3n) is 1.04. The van der Waals surface area contributed by atoms with Crippen LogP contribution in [0.4, 0.5) is 4.39 Å². The molecule has 5 heteroatoms. The Kier molecular flexibility index (Phi) is 4.10. The van der Waals surface area contributed by atoms with E-state index in [1.54, 1.807) is 0 Å². The summed E-state index contributed by atoms with van der Waals surface area (Å²) < 4.78 is 12.1. The first-order valence-electron chi connectivity index (χ1n) is 2.69. The van der Waals surface area contributed by atoms with Crippen molar-refractivity contribution < 1.29 is 24.5 Å². The summed E-state index contributed by atoms with van der Waals surface area (Å²) in [5, 5.41) is 25.3. The van der Waals surface area contributed by atoms with Gasteiger partial charge in [0, 0.05) is 0 Å². The minimum atomic E-state index is -2.14. The average Bonchev–Trinajstić information content (AvgIpc) is 2.00. The Bertz CT molecular complexity index is 108. The highest BCUT2D eigenvalue weighted by Gasteiger charge is 2.24. The summed E-state index contributed by atoms with van der Waals surface area (Å²) in [6.07, 6.45) is -5.70. The fourth-order valence-electron chi connectivity index (χ4n) is 0.401. The van der Waals surface area contributed by atoms with E-state index in [4.69, 9.17) is 15.3 Å². The smallest absolute Gasteiger partial charge is 0.183 e. The topological polar surface area (TPSA) is 77.8 Å². The Balaban J connectivity index is 3.80. The molecule has 0 saturated heterocycles. The van der Waals surface area contributed by atoms with Gasteiger partial charge >= 0.3 is 0 Å². The Morgan fingerprint density at radius 1 is 1.50 bits per heavy atom. The molecule has 0 aliphatic rings. The Morgan fingerprint density at radius 3 is 2.30 bits per heavy atom. The van der Waals surface area contributed by atoms with Crippen molar-refractivity contribution in [1.82, 2.24) is 0 Å². The molecule has 0 aromatic rings. The van der Waals surface area contributed by atoms with Gasteiger partial charge in [-0.1, -0.05) is 0 Å². The molecule has 0 heterocycles. The summed E-state index contributed by atoms with van der Waals surface area (Å²) in [5.74, 6) is 0. The maximum Gasteiger partial charge on any atom is 0.183 e. The van der Waals surface area contributed by atoms with Crippen LogP contribution in [0, 0.1) is 0 Å². The number of halogens is 1. The van der Waals surface area contributed by atoms with E-state index >= 15 is 0 Å². The molecular formula is C5H9FO4. The summed E-state index contributed by atoms with van der Waals surface area (Å²) in [5.41, 5.74) is 0. The van der Waals surface area contributed by atoms with E-state index < -0.39 is 25.0 Å². The molecule has 3 unspecified atom stereocenters. The van der Waals surface area contributed by atoms with Gasteiger partial charge in [0.05, 0.1) is 6.61 Å². The van der Waals surface area contributed by atoms with E-state index in [2.05, 4.69) is 0 Å². The Labute approximate surface area is 56.9 Å².